The van der Waals surface area contributed by atoms with Crippen LogP contribution in [0.1, 0.15) is 44.0 Å². The zero-order valence-electron chi connectivity index (χ0n) is 17.7. The monoisotopic (exact) mass is 455 g/mol. The molecule has 0 bridgehead atoms. The van der Waals surface area contributed by atoms with Crippen LogP contribution >= 0.6 is 0 Å². The van der Waals surface area contributed by atoms with E-state index in [0.717, 1.165) is 5.69 Å². The van der Waals surface area contributed by atoms with Crippen LogP contribution in [0.2, 0.25) is 0 Å². The van der Waals surface area contributed by atoms with Gasteiger partial charge in [-0.1, -0.05) is 0 Å². The Morgan fingerprint density at radius 3 is 2.84 bits per heavy atom. The Balaban J connectivity index is 1.43. The Morgan fingerprint density at radius 1 is 1.28 bits per heavy atom. The van der Waals surface area contributed by atoms with Gasteiger partial charge in [-0.15, -0.1) is 0 Å². The number of halogens is 4. The second-order valence-corrected chi connectivity index (χ2v) is 8.26. The number of rotatable bonds is 8. The molecule has 32 heavy (non-hydrogen) atoms. The van der Waals surface area contributed by atoms with Gasteiger partial charge in [0.05, 0.1) is 24.9 Å². The summed E-state index contributed by atoms with van der Waals surface area (Å²) in [5, 5.41) is 17.2. The molecule has 4 rings (SSSR count). The Hall–Kier alpha value is -2.73. The molecule has 8 nitrogen and oxygen atoms in total. The summed E-state index contributed by atoms with van der Waals surface area (Å²) in [5.74, 6) is 0.678. The zero-order valence-corrected chi connectivity index (χ0v) is 17.7. The van der Waals surface area contributed by atoms with E-state index in [1.54, 1.807) is 6.07 Å². The Kier molecular flexibility index (Phi) is 6.33. The molecule has 1 saturated carbocycles. The number of alkyl halides is 4. The maximum absolute atomic E-state index is 14.4. The van der Waals surface area contributed by atoms with Crippen molar-refractivity contribution in [1.29, 1.82) is 0 Å². The van der Waals surface area contributed by atoms with E-state index in [9.17, 15) is 17.6 Å². The van der Waals surface area contributed by atoms with Crippen LogP contribution in [0.3, 0.4) is 0 Å². The number of hydrogen-bond acceptors (Lipinski definition) is 6. The summed E-state index contributed by atoms with van der Waals surface area (Å²) >= 11 is 0. The van der Waals surface area contributed by atoms with Gasteiger partial charge in [0.15, 0.2) is 11.6 Å². The van der Waals surface area contributed by atoms with E-state index in [4.69, 9.17) is 4.74 Å². The summed E-state index contributed by atoms with van der Waals surface area (Å²) < 4.78 is 59.4. The van der Waals surface area contributed by atoms with Crippen LogP contribution in [0.25, 0.3) is 5.52 Å². The van der Waals surface area contributed by atoms with Crippen LogP contribution in [-0.2, 0) is 11.2 Å². The number of hydrogen-bond donors (Lipinski definition) is 3. The minimum Gasteiger partial charge on any atom is -0.360 e. The fourth-order valence-electron chi connectivity index (χ4n) is 3.79. The second kappa shape index (κ2) is 9.02. The van der Waals surface area contributed by atoms with Gasteiger partial charge in [0.1, 0.15) is 11.7 Å². The number of ether oxygens (including phenoxy) is 1. The molecule has 0 aromatic carbocycles. The molecule has 3 heterocycles. The SMILES string of the molecule is CC(C)NCO[C@H]1C[C@@H](c2cc(Nc3nccn4nc(CC(F)(F)F)cc34)n[nH]2)C[C@H]1F. The third kappa shape index (κ3) is 5.36. The van der Waals surface area contributed by atoms with Crippen molar-refractivity contribution in [3.8, 4) is 0 Å². The fraction of sp³-hybridized carbons (Fsp3) is 0.550. The number of aromatic nitrogens is 5. The van der Waals surface area contributed by atoms with Crippen molar-refractivity contribution >= 4 is 17.2 Å². The predicted octanol–water partition coefficient (Wildman–Crippen LogP) is 3.86. The molecule has 0 amide bonds. The van der Waals surface area contributed by atoms with Gasteiger partial charge in [-0.05, 0) is 32.8 Å². The molecule has 0 saturated heterocycles. The van der Waals surface area contributed by atoms with E-state index >= 15 is 0 Å². The third-order valence-electron chi connectivity index (χ3n) is 5.32. The molecule has 1 aliphatic rings. The van der Waals surface area contributed by atoms with Crippen LogP contribution in [0.5, 0.6) is 0 Å². The van der Waals surface area contributed by atoms with Gasteiger partial charge in [-0.2, -0.15) is 23.4 Å². The largest absolute Gasteiger partial charge is 0.394 e. The quantitative estimate of drug-likeness (QED) is 0.353. The first kappa shape index (κ1) is 22.5. The van der Waals surface area contributed by atoms with Gasteiger partial charge >= 0.3 is 6.18 Å². The summed E-state index contributed by atoms with van der Waals surface area (Å²) in [5.41, 5.74) is 1.05. The highest BCUT2D eigenvalue weighted by atomic mass is 19.4. The van der Waals surface area contributed by atoms with E-state index in [1.807, 2.05) is 13.8 Å². The highest BCUT2D eigenvalue weighted by molar-refractivity contribution is 5.72. The van der Waals surface area contributed by atoms with E-state index < -0.39 is 24.9 Å². The van der Waals surface area contributed by atoms with Crippen molar-refractivity contribution in [2.75, 3.05) is 12.0 Å². The number of H-pyrrole nitrogens is 1. The lowest BCUT2D eigenvalue weighted by molar-refractivity contribution is -0.127. The van der Waals surface area contributed by atoms with Gasteiger partial charge in [0, 0.05) is 36.1 Å². The van der Waals surface area contributed by atoms with E-state index in [1.165, 1.54) is 23.0 Å². The predicted molar refractivity (Wildman–Crippen MR) is 109 cm³/mol. The molecular weight excluding hydrogens is 430 g/mol. The van der Waals surface area contributed by atoms with E-state index in [2.05, 4.69) is 30.9 Å². The third-order valence-corrected chi connectivity index (χ3v) is 5.32. The van der Waals surface area contributed by atoms with Crippen LogP contribution in [0.4, 0.5) is 29.2 Å². The smallest absolute Gasteiger partial charge is 0.360 e. The second-order valence-electron chi connectivity index (χ2n) is 8.26. The lowest BCUT2D eigenvalue weighted by atomic mass is 10.0. The molecule has 0 unspecified atom stereocenters. The molecule has 1 aliphatic carbocycles. The fourth-order valence-corrected chi connectivity index (χ4v) is 3.79. The molecule has 12 heteroatoms. The van der Waals surface area contributed by atoms with Crippen molar-refractivity contribution < 1.29 is 22.3 Å². The van der Waals surface area contributed by atoms with Gasteiger partial charge in [0.25, 0.3) is 0 Å². The van der Waals surface area contributed by atoms with Crippen molar-refractivity contribution in [3.63, 3.8) is 0 Å². The Labute approximate surface area is 181 Å². The highest BCUT2D eigenvalue weighted by Gasteiger charge is 2.37. The van der Waals surface area contributed by atoms with Gasteiger partial charge in [0.2, 0.25) is 0 Å². The van der Waals surface area contributed by atoms with Crippen LogP contribution in [0.15, 0.2) is 24.5 Å². The highest BCUT2D eigenvalue weighted by Crippen LogP contribution is 2.38. The van der Waals surface area contributed by atoms with Crippen LogP contribution in [0, 0.1) is 0 Å². The number of fused-ring (bicyclic) bond motifs is 1. The zero-order chi connectivity index (χ0) is 22.9. The average molecular weight is 455 g/mol. The molecule has 3 aromatic heterocycles. The van der Waals surface area contributed by atoms with E-state index in [0.29, 0.717) is 36.7 Å². The van der Waals surface area contributed by atoms with Crippen molar-refractivity contribution in [2.45, 2.75) is 63.5 Å². The summed E-state index contributed by atoms with van der Waals surface area (Å²) in [6.45, 7) is 4.27. The minimum absolute atomic E-state index is 0.0748. The first-order valence-electron chi connectivity index (χ1n) is 10.4. The molecule has 0 radical (unpaired) electrons. The van der Waals surface area contributed by atoms with Gasteiger partial charge < -0.3 is 10.1 Å². The molecule has 3 aromatic rings. The summed E-state index contributed by atoms with van der Waals surface area (Å²) in [7, 11) is 0. The average Bonchev–Trinajstić information content (AvgIpc) is 3.39. The topological polar surface area (TPSA) is 92.2 Å². The maximum atomic E-state index is 14.4. The summed E-state index contributed by atoms with van der Waals surface area (Å²) in [6, 6.07) is 3.35. The standard InChI is InChI=1S/C20H25F4N7O/c1-11(2)26-10-32-17-6-12(5-14(17)21)15-8-18(29-28-15)27-19-16-7-13(9-20(22,23)24)30-31(16)4-3-25-19/h3-4,7-8,11-12,14,17,26H,5-6,9-10H2,1-2H3,(H2,25,27,28,29)/t12-,14+,17-/m0/s1. The Bertz CT molecular complexity index is 1050. The number of nitrogens with zero attached hydrogens (tertiary/aromatic N) is 4. The van der Waals surface area contributed by atoms with Crippen molar-refractivity contribution in [3.05, 3.63) is 35.9 Å². The van der Waals surface area contributed by atoms with E-state index in [-0.39, 0.29) is 17.7 Å². The van der Waals surface area contributed by atoms with Gasteiger partial charge in [-0.3, -0.25) is 10.4 Å². The molecule has 174 valence electrons. The first-order valence-corrected chi connectivity index (χ1v) is 10.4. The minimum atomic E-state index is -4.35. The normalized spacial score (nSPS) is 21.7. The lowest BCUT2D eigenvalue weighted by Crippen LogP contribution is -2.30. The summed E-state index contributed by atoms with van der Waals surface area (Å²) in [4.78, 5) is 4.20. The van der Waals surface area contributed by atoms with Crippen molar-refractivity contribution in [1.82, 2.24) is 30.1 Å². The van der Waals surface area contributed by atoms with Gasteiger partial charge in [-0.25, -0.2) is 13.9 Å². The number of aromatic amines is 1. The molecule has 0 spiro atoms. The number of anilines is 2. The molecule has 1 fully saturated rings. The molecule has 3 N–H and O–H groups in total. The van der Waals surface area contributed by atoms with Crippen LogP contribution < -0.4 is 10.6 Å². The summed E-state index contributed by atoms with van der Waals surface area (Å²) in [6.07, 6.45) is -3.26. The lowest BCUT2D eigenvalue weighted by Gasteiger charge is -2.16. The molecule has 0 aliphatic heterocycles. The van der Waals surface area contributed by atoms with Crippen molar-refractivity contribution in [2.24, 2.45) is 0 Å². The molecular formula is C20H25F4N7O. The maximum Gasteiger partial charge on any atom is 0.394 e. The number of nitrogens with one attached hydrogen (secondary N) is 3. The molecule has 3 atom stereocenters. The Morgan fingerprint density at radius 2 is 2.09 bits per heavy atom. The first-order chi connectivity index (χ1) is 15.2. The van der Waals surface area contributed by atoms with Crippen LogP contribution in [-0.4, -0.2) is 56.0 Å².